The minimum absolute atomic E-state index is 0.265. The van der Waals surface area contributed by atoms with Gasteiger partial charge in [0.2, 0.25) is 5.91 Å². The van der Waals surface area contributed by atoms with Crippen molar-refractivity contribution in [2.24, 2.45) is 11.3 Å². The van der Waals surface area contributed by atoms with Gasteiger partial charge >= 0.3 is 0 Å². The van der Waals surface area contributed by atoms with Crippen molar-refractivity contribution in [2.45, 2.75) is 91.9 Å². The highest BCUT2D eigenvalue weighted by Gasteiger charge is 2.28. The summed E-state index contributed by atoms with van der Waals surface area (Å²) in [5, 5.41) is 0. The van der Waals surface area contributed by atoms with Crippen LogP contribution in [0, 0.1) is 11.3 Å². The van der Waals surface area contributed by atoms with Crippen LogP contribution in [0.25, 0.3) is 0 Å². The van der Waals surface area contributed by atoms with Crippen molar-refractivity contribution in [1.82, 2.24) is 4.90 Å². The molecule has 0 bridgehead atoms. The molecule has 0 N–H and O–H groups in total. The van der Waals surface area contributed by atoms with Gasteiger partial charge in [-0.05, 0) is 37.5 Å². The normalized spacial score (nSPS) is 21.8. The summed E-state index contributed by atoms with van der Waals surface area (Å²) in [7, 11) is 0. The van der Waals surface area contributed by atoms with Crippen LogP contribution in [0.5, 0.6) is 0 Å². The topological polar surface area (TPSA) is 20.3 Å². The van der Waals surface area contributed by atoms with Gasteiger partial charge in [0.15, 0.2) is 0 Å². The first-order valence-corrected chi connectivity index (χ1v) is 9.31. The van der Waals surface area contributed by atoms with Gasteiger partial charge in [0.05, 0.1) is 0 Å². The molecule has 1 amide bonds. The Morgan fingerprint density at radius 1 is 1.05 bits per heavy atom. The van der Waals surface area contributed by atoms with E-state index in [4.69, 9.17) is 0 Å². The molecular formula is C19H37NO. The zero-order chi connectivity index (χ0) is 15.7. The van der Waals surface area contributed by atoms with E-state index in [1.165, 1.54) is 57.8 Å². The smallest absolute Gasteiger partial charge is 0.225 e. The van der Waals surface area contributed by atoms with Gasteiger partial charge in [0.1, 0.15) is 0 Å². The van der Waals surface area contributed by atoms with Crippen molar-refractivity contribution in [1.29, 1.82) is 0 Å². The van der Waals surface area contributed by atoms with E-state index >= 15 is 0 Å². The fraction of sp³-hybridized carbons (Fsp3) is 0.947. The number of hydrogen-bond acceptors (Lipinski definition) is 1. The summed E-state index contributed by atoms with van der Waals surface area (Å²) in [5.74, 6) is 0.650. The number of carbonyl (C=O) groups is 1. The lowest BCUT2D eigenvalue weighted by molar-refractivity contribution is -0.130. The fourth-order valence-corrected chi connectivity index (χ4v) is 3.59. The Bertz CT molecular complexity index is 302. The molecule has 2 nitrogen and oxygen atoms in total. The van der Waals surface area contributed by atoms with Crippen LogP contribution in [0.1, 0.15) is 91.9 Å². The second-order valence-electron chi connectivity index (χ2n) is 7.49. The second kappa shape index (κ2) is 9.48. The molecule has 0 aromatic carbocycles. The molecule has 0 saturated carbocycles. The van der Waals surface area contributed by atoms with Gasteiger partial charge in [-0.1, -0.05) is 59.8 Å². The zero-order valence-electron chi connectivity index (χ0n) is 14.9. The summed E-state index contributed by atoms with van der Waals surface area (Å²) in [6, 6.07) is 0. The number of rotatable bonds is 11. The summed E-state index contributed by atoms with van der Waals surface area (Å²) in [4.78, 5) is 14.1. The SMILES string of the molecule is CCCCCC(C)(CCCC)CCCN1CCC(C)C1=O. The molecule has 0 aromatic heterocycles. The quantitative estimate of drug-likeness (QED) is 0.467. The first-order valence-electron chi connectivity index (χ1n) is 9.31. The summed E-state index contributed by atoms with van der Waals surface area (Å²) in [6.45, 7) is 11.1. The Balaban J connectivity index is 2.35. The van der Waals surface area contributed by atoms with E-state index in [1.54, 1.807) is 0 Å². The minimum Gasteiger partial charge on any atom is -0.342 e. The van der Waals surface area contributed by atoms with Crippen LogP contribution >= 0.6 is 0 Å². The highest BCUT2D eigenvalue weighted by Crippen LogP contribution is 2.36. The van der Waals surface area contributed by atoms with Crippen LogP contribution in [0.2, 0.25) is 0 Å². The van der Waals surface area contributed by atoms with Crippen LogP contribution in [-0.4, -0.2) is 23.9 Å². The minimum atomic E-state index is 0.265. The molecule has 1 heterocycles. The van der Waals surface area contributed by atoms with Crippen molar-refractivity contribution in [3.8, 4) is 0 Å². The summed E-state index contributed by atoms with van der Waals surface area (Å²) < 4.78 is 0. The molecule has 2 atom stereocenters. The van der Waals surface area contributed by atoms with Crippen LogP contribution < -0.4 is 0 Å². The summed E-state index contributed by atoms with van der Waals surface area (Å²) in [6.07, 6.45) is 12.9. The van der Waals surface area contributed by atoms with Crippen LogP contribution in [0.3, 0.4) is 0 Å². The second-order valence-corrected chi connectivity index (χ2v) is 7.49. The lowest BCUT2D eigenvalue weighted by Gasteiger charge is -2.31. The molecule has 2 unspecified atom stereocenters. The third-order valence-electron chi connectivity index (χ3n) is 5.29. The van der Waals surface area contributed by atoms with Crippen molar-refractivity contribution < 1.29 is 4.79 Å². The predicted molar refractivity (Wildman–Crippen MR) is 91.4 cm³/mol. The van der Waals surface area contributed by atoms with Crippen LogP contribution in [-0.2, 0) is 4.79 Å². The standard InChI is InChI=1S/C19H37NO/c1-5-7-9-13-19(4,12-8-6-2)14-10-15-20-16-11-17(3)18(20)21/h17H,5-16H2,1-4H3. The Morgan fingerprint density at radius 2 is 1.67 bits per heavy atom. The number of likely N-dealkylation sites (tertiary alicyclic amines) is 1. The van der Waals surface area contributed by atoms with E-state index in [2.05, 4.69) is 32.6 Å². The molecule has 0 radical (unpaired) electrons. The average molecular weight is 296 g/mol. The number of amides is 1. The molecule has 0 aromatic rings. The van der Waals surface area contributed by atoms with E-state index in [9.17, 15) is 4.79 Å². The fourth-order valence-electron chi connectivity index (χ4n) is 3.59. The Labute approximate surface area is 132 Å². The molecule has 21 heavy (non-hydrogen) atoms. The maximum Gasteiger partial charge on any atom is 0.225 e. The van der Waals surface area contributed by atoms with E-state index < -0.39 is 0 Å². The largest absolute Gasteiger partial charge is 0.342 e. The molecular weight excluding hydrogens is 258 g/mol. The first-order chi connectivity index (χ1) is 10.0. The number of unbranched alkanes of at least 4 members (excludes halogenated alkanes) is 3. The predicted octanol–water partition coefficient (Wildman–Crippen LogP) is 5.41. The molecule has 0 spiro atoms. The third kappa shape index (κ3) is 6.40. The van der Waals surface area contributed by atoms with Crippen LogP contribution in [0.4, 0.5) is 0 Å². The third-order valence-corrected chi connectivity index (χ3v) is 5.29. The molecule has 1 saturated heterocycles. The zero-order valence-corrected chi connectivity index (χ0v) is 14.9. The molecule has 2 heteroatoms. The van der Waals surface area contributed by atoms with Crippen molar-refractivity contribution in [3.63, 3.8) is 0 Å². The maximum absolute atomic E-state index is 12.0. The van der Waals surface area contributed by atoms with Crippen molar-refractivity contribution in [3.05, 3.63) is 0 Å². The molecule has 0 aliphatic carbocycles. The van der Waals surface area contributed by atoms with E-state index in [0.29, 0.717) is 11.3 Å². The first kappa shape index (κ1) is 18.5. The van der Waals surface area contributed by atoms with Gasteiger partial charge in [-0.15, -0.1) is 0 Å². The van der Waals surface area contributed by atoms with Gasteiger partial charge in [0, 0.05) is 19.0 Å². The van der Waals surface area contributed by atoms with Gasteiger partial charge in [-0.2, -0.15) is 0 Å². The van der Waals surface area contributed by atoms with E-state index in [-0.39, 0.29) is 5.92 Å². The molecule has 124 valence electrons. The average Bonchev–Trinajstić information content (AvgIpc) is 2.78. The molecule has 1 aliphatic heterocycles. The van der Waals surface area contributed by atoms with Gasteiger partial charge in [-0.3, -0.25) is 4.79 Å². The van der Waals surface area contributed by atoms with Gasteiger partial charge in [-0.25, -0.2) is 0 Å². The summed E-state index contributed by atoms with van der Waals surface area (Å²) >= 11 is 0. The summed E-state index contributed by atoms with van der Waals surface area (Å²) in [5.41, 5.74) is 0.500. The lowest BCUT2D eigenvalue weighted by Crippen LogP contribution is -2.29. The lowest BCUT2D eigenvalue weighted by atomic mass is 9.76. The monoisotopic (exact) mass is 295 g/mol. The Hall–Kier alpha value is -0.530. The Morgan fingerprint density at radius 3 is 2.24 bits per heavy atom. The molecule has 1 aliphatic rings. The maximum atomic E-state index is 12.0. The number of hydrogen-bond donors (Lipinski definition) is 0. The van der Waals surface area contributed by atoms with Gasteiger partial charge in [0.25, 0.3) is 0 Å². The molecule has 1 fully saturated rings. The van der Waals surface area contributed by atoms with E-state index in [0.717, 1.165) is 19.5 Å². The van der Waals surface area contributed by atoms with Crippen LogP contribution in [0.15, 0.2) is 0 Å². The highest BCUT2D eigenvalue weighted by atomic mass is 16.2. The van der Waals surface area contributed by atoms with Gasteiger partial charge < -0.3 is 4.90 Å². The highest BCUT2D eigenvalue weighted by molar-refractivity contribution is 5.80. The molecule has 1 rings (SSSR count). The Kier molecular flexibility index (Phi) is 8.36. The number of nitrogens with zero attached hydrogens (tertiary/aromatic N) is 1. The van der Waals surface area contributed by atoms with E-state index in [1.807, 2.05) is 0 Å². The van der Waals surface area contributed by atoms with Crippen molar-refractivity contribution >= 4 is 5.91 Å². The van der Waals surface area contributed by atoms with Crippen molar-refractivity contribution in [2.75, 3.05) is 13.1 Å². The number of carbonyl (C=O) groups excluding carboxylic acids is 1.